The third-order valence-electron chi connectivity index (χ3n) is 3.47. The van der Waals surface area contributed by atoms with Gasteiger partial charge in [0.15, 0.2) is 0 Å². The first-order chi connectivity index (χ1) is 8.29. The Hall–Kier alpha value is -0.610. The van der Waals surface area contributed by atoms with Crippen LogP contribution in [0.25, 0.3) is 0 Å². The van der Waals surface area contributed by atoms with Crippen LogP contribution < -0.4 is 5.73 Å². The van der Waals surface area contributed by atoms with E-state index in [1.54, 1.807) is 0 Å². The number of aliphatic hydroxyl groups excluding tert-OH is 1. The van der Waals surface area contributed by atoms with Crippen molar-refractivity contribution in [2.75, 3.05) is 13.7 Å². The Kier molecular flexibility index (Phi) is 5.17. The smallest absolute Gasteiger partial charge is 0.0610 e. The predicted molar refractivity (Wildman–Crippen MR) is 76.8 cm³/mol. The van der Waals surface area contributed by atoms with E-state index >= 15 is 0 Å². The van der Waals surface area contributed by atoms with Crippen LogP contribution in [-0.2, 0) is 0 Å². The van der Waals surface area contributed by atoms with Gasteiger partial charge in [0.25, 0.3) is 0 Å². The van der Waals surface area contributed by atoms with Gasteiger partial charge in [-0.15, -0.1) is 0 Å². The van der Waals surface area contributed by atoms with Gasteiger partial charge in [0.2, 0.25) is 0 Å². The van der Waals surface area contributed by atoms with E-state index in [-0.39, 0.29) is 24.2 Å². The molecule has 0 heterocycles. The van der Waals surface area contributed by atoms with Crippen molar-refractivity contribution in [3.05, 3.63) is 34.9 Å². The molecule has 3 N–H and O–H groups in total. The molecule has 0 fully saturated rings. The van der Waals surface area contributed by atoms with Gasteiger partial charge in [-0.3, -0.25) is 4.90 Å². The fourth-order valence-corrected chi connectivity index (χ4v) is 2.15. The van der Waals surface area contributed by atoms with E-state index in [1.165, 1.54) is 0 Å². The summed E-state index contributed by atoms with van der Waals surface area (Å²) in [6, 6.07) is 7.71. The largest absolute Gasteiger partial charge is 0.394 e. The summed E-state index contributed by atoms with van der Waals surface area (Å²) in [6.07, 6.45) is 0. The van der Waals surface area contributed by atoms with Gasteiger partial charge in [0, 0.05) is 22.6 Å². The van der Waals surface area contributed by atoms with Crippen molar-refractivity contribution < 1.29 is 5.11 Å². The molecule has 0 aliphatic carbocycles. The van der Waals surface area contributed by atoms with Crippen molar-refractivity contribution in [1.82, 2.24) is 4.90 Å². The maximum absolute atomic E-state index is 9.48. The van der Waals surface area contributed by atoms with Crippen LogP contribution in [0.15, 0.2) is 24.3 Å². The molecular formula is C14H23ClN2O. The summed E-state index contributed by atoms with van der Waals surface area (Å²) in [6.45, 7) is 6.06. The molecule has 0 amide bonds. The summed E-state index contributed by atoms with van der Waals surface area (Å²) in [7, 11) is 1.98. The SMILES string of the molecule is CC(N)C(c1ccc(Cl)cc1)N(C)C(C)(C)CO. The first kappa shape index (κ1) is 15.4. The summed E-state index contributed by atoms with van der Waals surface area (Å²) >= 11 is 5.91. The standard InChI is InChI=1S/C14H23ClN2O/c1-10(16)13(17(4)14(2,3)9-18)11-5-7-12(15)8-6-11/h5-8,10,13,18H,9,16H2,1-4H3. The van der Waals surface area contributed by atoms with E-state index in [1.807, 2.05) is 52.1 Å². The average Bonchev–Trinajstić information content (AvgIpc) is 2.31. The highest BCUT2D eigenvalue weighted by atomic mass is 35.5. The zero-order chi connectivity index (χ0) is 13.9. The second kappa shape index (κ2) is 6.02. The van der Waals surface area contributed by atoms with Crippen molar-refractivity contribution in [3.63, 3.8) is 0 Å². The number of hydrogen-bond donors (Lipinski definition) is 2. The highest BCUT2D eigenvalue weighted by molar-refractivity contribution is 6.30. The molecule has 1 rings (SSSR count). The molecule has 0 spiro atoms. The van der Waals surface area contributed by atoms with Crippen molar-refractivity contribution in [1.29, 1.82) is 0 Å². The van der Waals surface area contributed by atoms with Crippen molar-refractivity contribution in [2.45, 2.75) is 38.4 Å². The molecule has 0 aliphatic rings. The van der Waals surface area contributed by atoms with Crippen LogP contribution >= 0.6 is 11.6 Å². The minimum Gasteiger partial charge on any atom is -0.394 e. The van der Waals surface area contributed by atoms with E-state index < -0.39 is 0 Å². The normalized spacial score (nSPS) is 15.8. The number of halogens is 1. The summed E-state index contributed by atoms with van der Waals surface area (Å²) < 4.78 is 0. The van der Waals surface area contributed by atoms with Gasteiger partial charge in [0.1, 0.15) is 0 Å². The Bertz CT molecular complexity index is 376. The first-order valence-electron chi connectivity index (χ1n) is 6.14. The van der Waals surface area contributed by atoms with E-state index in [0.717, 1.165) is 5.56 Å². The lowest BCUT2D eigenvalue weighted by atomic mass is 9.94. The van der Waals surface area contributed by atoms with Crippen LogP contribution in [0.4, 0.5) is 0 Å². The van der Waals surface area contributed by atoms with Gasteiger partial charge in [-0.1, -0.05) is 23.7 Å². The molecule has 2 unspecified atom stereocenters. The molecule has 102 valence electrons. The molecule has 4 heteroatoms. The fourth-order valence-electron chi connectivity index (χ4n) is 2.03. The Labute approximate surface area is 115 Å². The van der Waals surface area contributed by atoms with Crippen LogP contribution in [0.3, 0.4) is 0 Å². The summed E-state index contributed by atoms with van der Waals surface area (Å²) in [4.78, 5) is 2.11. The van der Waals surface area contributed by atoms with E-state index in [2.05, 4.69) is 4.90 Å². The molecule has 0 aromatic heterocycles. The van der Waals surface area contributed by atoms with Crippen LogP contribution in [0.2, 0.25) is 5.02 Å². The zero-order valence-corrected chi connectivity index (χ0v) is 12.3. The maximum Gasteiger partial charge on any atom is 0.0610 e. The van der Waals surface area contributed by atoms with E-state index in [4.69, 9.17) is 17.3 Å². The van der Waals surface area contributed by atoms with Gasteiger partial charge in [-0.25, -0.2) is 0 Å². The molecule has 1 aromatic rings. The Morgan fingerprint density at radius 3 is 2.22 bits per heavy atom. The van der Waals surface area contributed by atoms with Gasteiger partial charge >= 0.3 is 0 Å². The fraction of sp³-hybridized carbons (Fsp3) is 0.571. The second-order valence-corrected chi connectivity index (χ2v) is 5.87. The Morgan fingerprint density at radius 1 is 1.33 bits per heavy atom. The number of nitrogens with zero attached hydrogens (tertiary/aromatic N) is 1. The molecule has 0 aliphatic heterocycles. The van der Waals surface area contributed by atoms with Crippen molar-refractivity contribution in [3.8, 4) is 0 Å². The minimum absolute atomic E-state index is 0.0398. The number of benzene rings is 1. The molecule has 0 radical (unpaired) electrons. The van der Waals surface area contributed by atoms with Gasteiger partial charge in [-0.2, -0.15) is 0 Å². The number of rotatable bonds is 5. The lowest BCUT2D eigenvalue weighted by Crippen LogP contribution is -2.50. The van der Waals surface area contributed by atoms with Gasteiger partial charge < -0.3 is 10.8 Å². The van der Waals surface area contributed by atoms with Crippen LogP contribution in [0, 0.1) is 0 Å². The van der Waals surface area contributed by atoms with Crippen LogP contribution in [-0.4, -0.2) is 35.2 Å². The molecule has 3 nitrogen and oxygen atoms in total. The predicted octanol–water partition coefficient (Wildman–Crippen LogP) is 2.43. The number of aliphatic hydroxyl groups is 1. The number of likely N-dealkylation sites (N-methyl/N-ethyl adjacent to an activating group) is 1. The average molecular weight is 271 g/mol. The topological polar surface area (TPSA) is 49.5 Å². The monoisotopic (exact) mass is 270 g/mol. The molecule has 0 bridgehead atoms. The molecule has 1 aromatic carbocycles. The Morgan fingerprint density at radius 2 is 1.83 bits per heavy atom. The summed E-state index contributed by atoms with van der Waals surface area (Å²) in [5.74, 6) is 0. The first-order valence-corrected chi connectivity index (χ1v) is 6.52. The van der Waals surface area contributed by atoms with Crippen LogP contribution in [0.5, 0.6) is 0 Å². The highest BCUT2D eigenvalue weighted by Crippen LogP contribution is 2.29. The van der Waals surface area contributed by atoms with Crippen molar-refractivity contribution >= 4 is 11.6 Å². The quantitative estimate of drug-likeness (QED) is 0.864. The van der Waals surface area contributed by atoms with Crippen molar-refractivity contribution in [2.24, 2.45) is 5.73 Å². The third kappa shape index (κ3) is 3.45. The highest BCUT2D eigenvalue weighted by Gasteiger charge is 2.31. The molecule has 0 saturated carbocycles. The second-order valence-electron chi connectivity index (χ2n) is 5.44. The van der Waals surface area contributed by atoms with Gasteiger partial charge in [-0.05, 0) is 45.5 Å². The molecule has 18 heavy (non-hydrogen) atoms. The Balaban J connectivity index is 3.07. The molecule has 0 saturated heterocycles. The zero-order valence-electron chi connectivity index (χ0n) is 11.5. The maximum atomic E-state index is 9.48. The lowest BCUT2D eigenvalue weighted by molar-refractivity contribution is 0.0370. The van der Waals surface area contributed by atoms with E-state index in [0.29, 0.717) is 5.02 Å². The molecular weight excluding hydrogens is 248 g/mol. The van der Waals surface area contributed by atoms with Crippen LogP contribution in [0.1, 0.15) is 32.4 Å². The summed E-state index contributed by atoms with van der Waals surface area (Å²) in [5.41, 5.74) is 6.89. The van der Waals surface area contributed by atoms with E-state index in [9.17, 15) is 5.11 Å². The molecule has 2 atom stereocenters. The summed E-state index contributed by atoms with van der Waals surface area (Å²) in [5, 5.41) is 10.2. The third-order valence-corrected chi connectivity index (χ3v) is 3.72. The number of nitrogens with two attached hydrogens (primary N) is 1. The minimum atomic E-state index is -0.321. The lowest BCUT2D eigenvalue weighted by Gasteiger charge is -2.42. The number of hydrogen-bond acceptors (Lipinski definition) is 3. The van der Waals surface area contributed by atoms with Gasteiger partial charge in [0.05, 0.1) is 6.61 Å².